The average Bonchev–Trinajstić information content (AvgIpc) is 2.90. The second-order valence-corrected chi connectivity index (χ2v) is 6.02. The van der Waals surface area contributed by atoms with Crippen molar-refractivity contribution in [3.63, 3.8) is 0 Å². The molecule has 4 nitrogen and oxygen atoms in total. The summed E-state index contributed by atoms with van der Waals surface area (Å²) in [4.78, 5) is 3.90. The fraction of sp³-hybridized carbons (Fsp3) is 0.222. The minimum Gasteiger partial charge on any atom is -0.490 e. The van der Waals surface area contributed by atoms with Crippen LogP contribution in [-0.4, -0.2) is 16.2 Å². The second kappa shape index (κ2) is 6.89. The molecule has 3 aromatic rings. The number of nitrogens with zero attached hydrogens (tertiary/aromatic N) is 3. The van der Waals surface area contributed by atoms with Crippen LogP contribution in [0.3, 0.4) is 0 Å². The fourth-order valence-corrected chi connectivity index (χ4v) is 2.98. The van der Waals surface area contributed by atoms with Gasteiger partial charge in [-0.25, -0.2) is 4.98 Å². The lowest BCUT2D eigenvalue weighted by atomic mass is 10.0. The van der Waals surface area contributed by atoms with Gasteiger partial charge in [0.05, 0.1) is 29.9 Å². The summed E-state index contributed by atoms with van der Waals surface area (Å²) >= 11 is 5.70. The highest BCUT2D eigenvalue weighted by Gasteiger charge is 2.36. The predicted molar refractivity (Wildman–Crippen MR) is 91.1 cm³/mol. The van der Waals surface area contributed by atoms with Crippen LogP contribution in [0.1, 0.15) is 16.8 Å². The summed E-state index contributed by atoms with van der Waals surface area (Å²) in [5.41, 5.74) is -0.224. The Labute approximate surface area is 152 Å². The Hall–Kier alpha value is -2.72. The summed E-state index contributed by atoms with van der Waals surface area (Å²) in [6, 6.07) is 9.05. The molecule has 0 aliphatic rings. The first kappa shape index (κ1) is 18.1. The molecule has 0 N–H and O–H groups in total. The molecule has 0 saturated heterocycles. The largest absolute Gasteiger partial charge is 0.490 e. The van der Waals surface area contributed by atoms with Gasteiger partial charge in [-0.3, -0.25) is 0 Å². The molecule has 1 aromatic carbocycles. The molecule has 0 bridgehead atoms. The monoisotopic (exact) mass is 379 g/mol. The number of pyridine rings is 1. The Kier molecular flexibility index (Phi) is 4.79. The Morgan fingerprint density at radius 2 is 2.04 bits per heavy atom. The molecule has 8 heteroatoms. The van der Waals surface area contributed by atoms with E-state index in [1.807, 2.05) is 0 Å². The van der Waals surface area contributed by atoms with Crippen molar-refractivity contribution < 1.29 is 17.9 Å². The number of alkyl halides is 3. The molecule has 26 heavy (non-hydrogen) atoms. The maximum atomic E-state index is 13.4. The van der Waals surface area contributed by atoms with Crippen LogP contribution >= 0.6 is 11.6 Å². The molecular formula is C18H13ClF3N3O. The molecule has 0 atom stereocenters. The number of fused-ring (bicyclic) bond motifs is 1. The number of aromatic nitrogens is 2. The van der Waals surface area contributed by atoms with Gasteiger partial charge in [0.2, 0.25) is 0 Å². The lowest BCUT2D eigenvalue weighted by Gasteiger charge is -2.12. The van der Waals surface area contributed by atoms with Gasteiger partial charge in [0, 0.05) is 16.6 Å². The third kappa shape index (κ3) is 3.46. The van der Waals surface area contributed by atoms with Crippen molar-refractivity contribution in [2.45, 2.75) is 19.6 Å². The smallest absolute Gasteiger partial charge is 0.418 e. The van der Waals surface area contributed by atoms with E-state index in [0.29, 0.717) is 28.7 Å². The maximum absolute atomic E-state index is 13.4. The molecule has 0 aliphatic carbocycles. The van der Waals surface area contributed by atoms with E-state index in [9.17, 15) is 13.2 Å². The van der Waals surface area contributed by atoms with Crippen molar-refractivity contribution in [2.75, 3.05) is 6.61 Å². The molecule has 0 fully saturated rings. The normalized spacial score (nSPS) is 11.5. The minimum atomic E-state index is -4.60. The zero-order valence-electron chi connectivity index (χ0n) is 13.6. The van der Waals surface area contributed by atoms with Gasteiger partial charge < -0.3 is 9.30 Å². The van der Waals surface area contributed by atoms with E-state index in [1.165, 1.54) is 24.4 Å². The zero-order chi connectivity index (χ0) is 18.9. The first-order valence-electron chi connectivity index (χ1n) is 7.65. The van der Waals surface area contributed by atoms with Crippen LogP contribution in [-0.2, 0) is 12.7 Å². The van der Waals surface area contributed by atoms with E-state index in [-0.39, 0.29) is 17.6 Å². The van der Waals surface area contributed by atoms with E-state index in [4.69, 9.17) is 21.6 Å². The van der Waals surface area contributed by atoms with Crippen molar-refractivity contribution >= 4 is 22.5 Å². The van der Waals surface area contributed by atoms with Gasteiger partial charge in [0.15, 0.2) is 0 Å². The summed E-state index contributed by atoms with van der Waals surface area (Å²) in [6.07, 6.45) is -3.13. The molecular weight excluding hydrogens is 367 g/mol. The van der Waals surface area contributed by atoms with Crippen LogP contribution in [0, 0.1) is 18.3 Å². The Morgan fingerprint density at radius 1 is 1.27 bits per heavy atom. The highest BCUT2D eigenvalue weighted by molar-refractivity contribution is 6.29. The van der Waals surface area contributed by atoms with Gasteiger partial charge in [-0.05, 0) is 37.3 Å². The van der Waals surface area contributed by atoms with Crippen LogP contribution in [0.15, 0.2) is 36.5 Å². The Bertz CT molecular complexity index is 988. The highest BCUT2D eigenvalue weighted by atomic mass is 35.5. The highest BCUT2D eigenvalue weighted by Crippen LogP contribution is 2.38. The SMILES string of the molecule is Cc1cc2c(C(F)(F)F)c(C#N)ccc2n1CCOc1ccc(Cl)nc1. The zero-order valence-corrected chi connectivity index (χ0v) is 14.4. The van der Waals surface area contributed by atoms with Crippen LogP contribution in [0.25, 0.3) is 10.9 Å². The fourth-order valence-electron chi connectivity index (χ4n) is 2.86. The summed E-state index contributed by atoms with van der Waals surface area (Å²) in [7, 11) is 0. The summed E-state index contributed by atoms with van der Waals surface area (Å²) < 4.78 is 47.5. The molecule has 0 amide bonds. The molecule has 0 spiro atoms. The first-order valence-corrected chi connectivity index (χ1v) is 8.03. The van der Waals surface area contributed by atoms with Crippen molar-refractivity contribution in [2.24, 2.45) is 0 Å². The molecule has 0 saturated carbocycles. The second-order valence-electron chi connectivity index (χ2n) is 5.63. The third-order valence-corrected chi connectivity index (χ3v) is 4.20. The standard InChI is InChI=1S/C18H13ClF3N3O/c1-11-8-14-15(4-2-12(9-23)17(14)18(20,21)22)25(11)6-7-26-13-3-5-16(19)24-10-13/h2-5,8,10H,6-7H2,1H3. The molecule has 134 valence electrons. The number of benzene rings is 1. The summed E-state index contributed by atoms with van der Waals surface area (Å²) in [5.74, 6) is 0.520. The lowest BCUT2D eigenvalue weighted by molar-refractivity contribution is -0.136. The summed E-state index contributed by atoms with van der Waals surface area (Å²) in [5, 5.41) is 9.37. The first-order chi connectivity index (χ1) is 12.3. The summed E-state index contributed by atoms with van der Waals surface area (Å²) in [6.45, 7) is 2.31. The Balaban J connectivity index is 1.91. The van der Waals surface area contributed by atoms with Crippen molar-refractivity contribution in [3.8, 4) is 11.8 Å². The van der Waals surface area contributed by atoms with Gasteiger partial charge in [0.1, 0.15) is 17.5 Å². The number of rotatable bonds is 4. The van der Waals surface area contributed by atoms with E-state index < -0.39 is 11.7 Å². The van der Waals surface area contributed by atoms with Gasteiger partial charge in [-0.1, -0.05) is 11.6 Å². The minimum absolute atomic E-state index is 0.0159. The van der Waals surface area contributed by atoms with Crippen LogP contribution in [0.5, 0.6) is 5.75 Å². The molecule has 2 aromatic heterocycles. The van der Waals surface area contributed by atoms with Gasteiger partial charge in [-0.15, -0.1) is 0 Å². The number of ether oxygens (including phenoxy) is 1. The van der Waals surface area contributed by atoms with Crippen molar-refractivity contribution in [3.05, 3.63) is 58.5 Å². The molecule has 0 radical (unpaired) electrons. The quantitative estimate of drug-likeness (QED) is 0.601. The number of nitriles is 1. The molecule has 0 unspecified atom stereocenters. The Morgan fingerprint density at radius 3 is 2.65 bits per heavy atom. The van der Waals surface area contributed by atoms with E-state index in [1.54, 1.807) is 29.7 Å². The van der Waals surface area contributed by atoms with Crippen LogP contribution < -0.4 is 4.74 Å². The maximum Gasteiger partial charge on any atom is 0.418 e. The van der Waals surface area contributed by atoms with Gasteiger partial charge in [0.25, 0.3) is 0 Å². The average molecular weight is 380 g/mol. The molecule has 0 aliphatic heterocycles. The van der Waals surface area contributed by atoms with Gasteiger partial charge in [-0.2, -0.15) is 18.4 Å². The number of halogens is 4. The van der Waals surface area contributed by atoms with Gasteiger partial charge >= 0.3 is 6.18 Å². The lowest BCUT2D eigenvalue weighted by Crippen LogP contribution is -2.11. The van der Waals surface area contributed by atoms with Crippen molar-refractivity contribution in [1.29, 1.82) is 5.26 Å². The number of hydrogen-bond acceptors (Lipinski definition) is 3. The van der Waals surface area contributed by atoms with E-state index in [0.717, 1.165) is 0 Å². The third-order valence-electron chi connectivity index (χ3n) is 3.98. The van der Waals surface area contributed by atoms with Crippen LogP contribution in [0.4, 0.5) is 13.2 Å². The van der Waals surface area contributed by atoms with Crippen LogP contribution in [0.2, 0.25) is 5.15 Å². The number of hydrogen-bond donors (Lipinski definition) is 0. The molecule has 3 rings (SSSR count). The topological polar surface area (TPSA) is 50.8 Å². The predicted octanol–water partition coefficient (Wildman–Crippen LogP) is 4.97. The van der Waals surface area contributed by atoms with E-state index in [2.05, 4.69) is 4.98 Å². The molecule has 2 heterocycles. The number of aryl methyl sites for hydroxylation is 1. The van der Waals surface area contributed by atoms with E-state index >= 15 is 0 Å². The van der Waals surface area contributed by atoms with Crippen molar-refractivity contribution in [1.82, 2.24) is 9.55 Å².